The van der Waals surface area contributed by atoms with Crippen LogP contribution in [0.25, 0.3) is 10.4 Å². The zero-order chi connectivity index (χ0) is 14.4. The molecule has 2 aromatic rings. The molecule has 0 N–H and O–H groups in total. The molecule has 0 aliphatic carbocycles. The van der Waals surface area contributed by atoms with Gasteiger partial charge in [0.15, 0.2) is 0 Å². The molecule has 0 aromatic carbocycles. The normalized spacial score (nSPS) is 20.3. The molecular formula is C15H18BNO2S. The highest BCUT2D eigenvalue weighted by molar-refractivity contribution is 7.13. The first-order chi connectivity index (χ1) is 9.39. The van der Waals surface area contributed by atoms with E-state index in [0.717, 1.165) is 11.2 Å². The molecule has 0 amide bonds. The smallest absolute Gasteiger partial charge is 0.398 e. The highest BCUT2D eigenvalue weighted by atomic mass is 32.1. The number of hydrogen-bond acceptors (Lipinski definition) is 4. The first kappa shape index (κ1) is 13.8. The zero-order valence-electron chi connectivity index (χ0n) is 12.2. The van der Waals surface area contributed by atoms with Gasteiger partial charge in [0, 0.05) is 16.6 Å². The first-order valence-corrected chi connectivity index (χ1v) is 7.62. The minimum Gasteiger partial charge on any atom is -0.398 e. The van der Waals surface area contributed by atoms with E-state index in [4.69, 9.17) is 9.31 Å². The van der Waals surface area contributed by atoms with E-state index in [-0.39, 0.29) is 11.2 Å². The maximum Gasteiger partial charge on any atom is 0.514 e. The van der Waals surface area contributed by atoms with E-state index in [2.05, 4.69) is 22.5 Å². The van der Waals surface area contributed by atoms with Crippen LogP contribution in [-0.2, 0) is 9.31 Å². The van der Waals surface area contributed by atoms with Crippen molar-refractivity contribution in [2.45, 2.75) is 38.9 Å². The lowest BCUT2D eigenvalue weighted by atomic mass is 9.84. The first-order valence-electron chi connectivity index (χ1n) is 6.74. The van der Waals surface area contributed by atoms with Gasteiger partial charge < -0.3 is 9.31 Å². The van der Waals surface area contributed by atoms with Crippen LogP contribution in [-0.4, -0.2) is 23.3 Å². The lowest BCUT2D eigenvalue weighted by Crippen LogP contribution is -2.41. The fourth-order valence-electron chi connectivity index (χ4n) is 2.10. The van der Waals surface area contributed by atoms with Crippen LogP contribution in [0.1, 0.15) is 27.7 Å². The molecule has 20 heavy (non-hydrogen) atoms. The van der Waals surface area contributed by atoms with Gasteiger partial charge in [0.05, 0.1) is 16.8 Å². The Morgan fingerprint density at radius 2 is 1.75 bits per heavy atom. The van der Waals surface area contributed by atoms with Crippen LogP contribution in [0, 0.1) is 0 Å². The Hall–Kier alpha value is -1.17. The summed E-state index contributed by atoms with van der Waals surface area (Å²) in [5.41, 5.74) is 1.29. The van der Waals surface area contributed by atoms with Crippen molar-refractivity contribution in [1.82, 2.24) is 4.98 Å². The molecule has 104 valence electrons. The van der Waals surface area contributed by atoms with Crippen molar-refractivity contribution < 1.29 is 9.31 Å². The van der Waals surface area contributed by atoms with E-state index in [0.29, 0.717) is 0 Å². The van der Waals surface area contributed by atoms with Crippen molar-refractivity contribution in [1.29, 1.82) is 0 Å². The van der Waals surface area contributed by atoms with Crippen LogP contribution in [0.5, 0.6) is 0 Å². The summed E-state index contributed by atoms with van der Waals surface area (Å²) >= 11 is 1.71. The molecule has 0 spiro atoms. The summed E-state index contributed by atoms with van der Waals surface area (Å²) in [4.78, 5) is 5.72. The molecule has 0 saturated carbocycles. The van der Waals surface area contributed by atoms with Crippen molar-refractivity contribution in [2.75, 3.05) is 0 Å². The van der Waals surface area contributed by atoms with E-state index < -0.39 is 7.12 Å². The Bertz CT molecular complexity index is 577. The molecule has 3 heterocycles. The fraction of sp³-hybridized carbons (Fsp3) is 0.400. The topological polar surface area (TPSA) is 31.4 Å². The Morgan fingerprint density at radius 1 is 1.05 bits per heavy atom. The molecule has 2 aromatic heterocycles. The van der Waals surface area contributed by atoms with Gasteiger partial charge in [0.25, 0.3) is 0 Å². The zero-order valence-corrected chi connectivity index (χ0v) is 13.0. The Balaban J connectivity index is 1.83. The predicted molar refractivity (Wildman–Crippen MR) is 83.3 cm³/mol. The maximum absolute atomic E-state index is 6.00. The van der Waals surface area contributed by atoms with Crippen molar-refractivity contribution >= 4 is 24.0 Å². The van der Waals surface area contributed by atoms with E-state index in [9.17, 15) is 0 Å². The number of aromatic nitrogens is 1. The van der Waals surface area contributed by atoms with Crippen LogP contribution in [0.2, 0.25) is 0 Å². The summed E-state index contributed by atoms with van der Waals surface area (Å²) in [5, 5.41) is 2.07. The summed E-state index contributed by atoms with van der Waals surface area (Å²) in [7, 11) is -0.391. The standard InChI is InChI=1S/C15H18BNO2S/c1-14(2)15(3,4)19-16(18-14)13-8-7-11(10-17-13)12-6-5-9-20-12/h5-10H,1-4H3. The summed E-state index contributed by atoms with van der Waals surface area (Å²) in [5.74, 6) is 0. The largest absolute Gasteiger partial charge is 0.514 e. The van der Waals surface area contributed by atoms with Crippen molar-refractivity contribution in [3.63, 3.8) is 0 Å². The van der Waals surface area contributed by atoms with Gasteiger partial charge in [-0.25, -0.2) is 0 Å². The predicted octanol–water partition coefficient (Wildman–Crippen LogP) is 3.11. The average molecular weight is 287 g/mol. The van der Waals surface area contributed by atoms with Gasteiger partial charge in [-0.05, 0) is 45.2 Å². The molecule has 1 saturated heterocycles. The lowest BCUT2D eigenvalue weighted by molar-refractivity contribution is 0.00578. The second-order valence-electron chi connectivity index (χ2n) is 6.04. The second kappa shape index (κ2) is 4.69. The molecule has 0 atom stereocenters. The molecule has 0 bridgehead atoms. The van der Waals surface area contributed by atoms with Gasteiger partial charge in [-0.1, -0.05) is 12.1 Å². The van der Waals surface area contributed by atoms with Crippen molar-refractivity contribution in [3.05, 3.63) is 35.8 Å². The number of pyridine rings is 1. The monoisotopic (exact) mass is 287 g/mol. The molecule has 1 fully saturated rings. The van der Waals surface area contributed by atoms with Gasteiger partial charge in [0.1, 0.15) is 0 Å². The third-order valence-electron chi connectivity index (χ3n) is 4.09. The molecular weight excluding hydrogens is 269 g/mol. The SMILES string of the molecule is CC1(C)OB(c2ccc(-c3cccs3)cn2)OC1(C)C. The number of thiophene rings is 1. The van der Waals surface area contributed by atoms with Crippen LogP contribution in [0.15, 0.2) is 35.8 Å². The number of rotatable bonds is 2. The second-order valence-corrected chi connectivity index (χ2v) is 6.98. The third-order valence-corrected chi connectivity index (χ3v) is 5.01. The van der Waals surface area contributed by atoms with Crippen molar-refractivity contribution in [2.24, 2.45) is 0 Å². The molecule has 5 heteroatoms. The van der Waals surface area contributed by atoms with E-state index >= 15 is 0 Å². The van der Waals surface area contributed by atoms with Gasteiger partial charge in [-0.3, -0.25) is 4.98 Å². The maximum atomic E-state index is 6.00. The quantitative estimate of drug-likeness (QED) is 0.795. The summed E-state index contributed by atoms with van der Waals surface area (Å²) in [6.07, 6.45) is 1.88. The Morgan fingerprint density at radius 3 is 2.25 bits per heavy atom. The summed E-state index contributed by atoms with van der Waals surface area (Å²) < 4.78 is 12.0. The van der Waals surface area contributed by atoms with Crippen molar-refractivity contribution in [3.8, 4) is 10.4 Å². The highest BCUT2D eigenvalue weighted by Crippen LogP contribution is 2.36. The molecule has 0 unspecified atom stereocenters. The average Bonchev–Trinajstić information content (AvgIpc) is 2.97. The van der Waals surface area contributed by atoms with Gasteiger partial charge in [-0.15, -0.1) is 11.3 Å². The van der Waals surface area contributed by atoms with Crippen LogP contribution < -0.4 is 5.59 Å². The Labute approximate surface area is 124 Å². The van der Waals surface area contributed by atoms with E-state index in [1.54, 1.807) is 11.3 Å². The van der Waals surface area contributed by atoms with Crippen LogP contribution >= 0.6 is 11.3 Å². The molecule has 1 aliphatic heterocycles. The van der Waals surface area contributed by atoms with E-state index in [1.165, 1.54) is 4.88 Å². The molecule has 3 nitrogen and oxygen atoms in total. The minimum atomic E-state index is -0.391. The van der Waals surface area contributed by atoms with Gasteiger partial charge in [-0.2, -0.15) is 0 Å². The molecule has 1 aliphatic rings. The fourth-order valence-corrected chi connectivity index (χ4v) is 2.81. The number of nitrogens with zero attached hydrogens (tertiary/aromatic N) is 1. The highest BCUT2D eigenvalue weighted by Gasteiger charge is 2.52. The molecule has 0 radical (unpaired) electrons. The lowest BCUT2D eigenvalue weighted by Gasteiger charge is -2.32. The van der Waals surface area contributed by atoms with E-state index in [1.807, 2.05) is 46.0 Å². The Kier molecular flexibility index (Phi) is 3.24. The van der Waals surface area contributed by atoms with Gasteiger partial charge in [0.2, 0.25) is 0 Å². The third kappa shape index (κ3) is 2.30. The minimum absolute atomic E-state index is 0.328. The summed E-state index contributed by atoms with van der Waals surface area (Å²) in [6.45, 7) is 8.19. The molecule has 3 rings (SSSR count). The van der Waals surface area contributed by atoms with Gasteiger partial charge >= 0.3 is 7.12 Å². The van der Waals surface area contributed by atoms with Crippen LogP contribution in [0.3, 0.4) is 0 Å². The number of hydrogen-bond donors (Lipinski definition) is 0. The van der Waals surface area contributed by atoms with Crippen LogP contribution in [0.4, 0.5) is 0 Å². The summed E-state index contributed by atoms with van der Waals surface area (Å²) in [6, 6.07) is 8.19.